The third kappa shape index (κ3) is 5.84. The minimum absolute atomic E-state index is 0.249. The van der Waals surface area contributed by atoms with Crippen molar-refractivity contribution in [2.75, 3.05) is 18.5 Å². The second kappa shape index (κ2) is 10.1. The third-order valence-electron chi connectivity index (χ3n) is 4.12. The van der Waals surface area contributed by atoms with Crippen molar-refractivity contribution in [2.45, 2.75) is 26.3 Å². The van der Waals surface area contributed by atoms with Crippen LogP contribution in [0.3, 0.4) is 0 Å². The Balaban J connectivity index is 1.40. The van der Waals surface area contributed by atoms with Crippen LogP contribution in [0.15, 0.2) is 61.1 Å². The van der Waals surface area contributed by atoms with Gasteiger partial charge in [-0.1, -0.05) is 13.3 Å². The molecule has 28 heavy (non-hydrogen) atoms. The second-order valence-corrected chi connectivity index (χ2v) is 6.31. The summed E-state index contributed by atoms with van der Waals surface area (Å²) in [6, 6.07) is 12.9. The molecule has 3 rings (SSSR count). The van der Waals surface area contributed by atoms with Gasteiger partial charge in [-0.05, 0) is 48.9 Å². The lowest BCUT2D eigenvalue weighted by Gasteiger charge is -2.09. The summed E-state index contributed by atoms with van der Waals surface area (Å²) in [7, 11) is 0. The average Bonchev–Trinajstić information content (AvgIpc) is 3.19. The van der Waals surface area contributed by atoms with E-state index in [0.717, 1.165) is 35.5 Å². The number of rotatable bonds is 9. The molecule has 0 saturated heterocycles. The molecule has 7 heteroatoms. The standard InChI is InChI=1S/C21H25N5O2/c1-2-3-16-28-19-6-4-18(5-7-19)24-21(27)23-13-15-26-14-10-20(25-26)17-8-11-22-12-9-17/h4-12,14H,2-3,13,15-16H2,1H3,(H2,23,24,27). The van der Waals surface area contributed by atoms with Crippen LogP contribution in [0, 0.1) is 0 Å². The highest BCUT2D eigenvalue weighted by atomic mass is 16.5. The number of hydrogen-bond donors (Lipinski definition) is 2. The van der Waals surface area contributed by atoms with Gasteiger partial charge in [0.1, 0.15) is 5.75 Å². The van der Waals surface area contributed by atoms with Crippen molar-refractivity contribution in [1.29, 1.82) is 0 Å². The van der Waals surface area contributed by atoms with E-state index >= 15 is 0 Å². The lowest BCUT2D eigenvalue weighted by Crippen LogP contribution is -2.31. The molecule has 7 nitrogen and oxygen atoms in total. The van der Waals surface area contributed by atoms with Crippen molar-refractivity contribution in [2.24, 2.45) is 0 Å². The topological polar surface area (TPSA) is 81.1 Å². The number of amides is 2. The van der Waals surface area contributed by atoms with Gasteiger partial charge in [-0.3, -0.25) is 9.67 Å². The number of pyridine rings is 1. The molecule has 2 aromatic heterocycles. The summed E-state index contributed by atoms with van der Waals surface area (Å²) in [4.78, 5) is 16.0. The predicted molar refractivity (Wildman–Crippen MR) is 109 cm³/mol. The zero-order chi connectivity index (χ0) is 19.6. The molecule has 0 aliphatic heterocycles. The Labute approximate surface area is 164 Å². The first kappa shape index (κ1) is 19.4. The van der Waals surface area contributed by atoms with Crippen molar-refractivity contribution in [1.82, 2.24) is 20.1 Å². The van der Waals surface area contributed by atoms with Gasteiger partial charge in [0.05, 0.1) is 18.8 Å². The average molecular weight is 379 g/mol. The van der Waals surface area contributed by atoms with Crippen molar-refractivity contribution >= 4 is 11.7 Å². The van der Waals surface area contributed by atoms with E-state index in [2.05, 4.69) is 27.6 Å². The highest BCUT2D eigenvalue weighted by Crippen LogP contribution is 2.16. The van der Waals surface area contributed by atoms with E-state index in [-0.39, 0.29) is 6.03 Å². The normalized spacial score (nSPS) is 10.5. The van der Waals surface area contributed by atoms with Gasteiger partial charge >= 0.3 is 6.03 Å². The van der Waals surface area contributed by atoms with Gasteiger partial charge in [0, 0.05) is 36.4 Å². The Bertz CT molecular complexity index is 862. The summed E-state index contributed by atoms with van der Waals surface area (Å²) in [5.74, 6) is 0.808. The zero-order valence-corrected chi connectivity index (χ0v) is 16.0. The summed E-state index contributed by atoms with van der Waals surface area (Å²) in [5.41, 5.74) is 2.62. The maximum Gasteiger partial charge on any atom is 0.319 e. The van der Waals surface area contributed by atoms with Crippen LogP contribution in [-0.4, -0.2) is 33.9 Å². The molecule has 0 atom stereocenters. The molecule has 0 radical (unpaired) electrons. The van der Waals surface area contributed by atoms with E-state index < -0.39 is 0 Å². The van der Waals surface area contributed by atoms with Crippen molar-refractivity contribution in [3.63, 3.8) is 0 Å². The molecule has 1 aromatic carbocycles. The number of aromatic nitrogens is 3. The molecule has 0 aliphatic rings. The number of hydrogen-bond acceptors (Lipinski definition) is 4. The van der Waals surface area contributed by atoms with Gasteiger partial charge in [0.2, 0.25) is 0 Å². The lowest BCUT2D eigenvalue weighted by atomic mass is 10.2. The molecule has 3 aromatic rings. The highest BCUT2D eigenvalue weighted by Gasteiger charge is 2.04. The minimum atomic E-state index is -0.249. The van der Waals surface area contributed by atoms with Gasteiger partial charge in [-0.25, -0.2) is 4.79 Å². The fraction of sp³-hybridized carbons (Fsp3) is 0.286. The molecular weight excluding hydrogens is 354 g/mol. The molecule has 2 heterocycles. The van der Waals surface area contributed by atoms with Crippen LogP contribution in [0.1, 0.15) is 19.8 Å². The third-order valence-corrected chi connectivity index (χ3v) is 4.12. The number of urea groups is 1. The number of anilines is 1. The maximum absolute atomic E-state index is 12.0. The van der Waals surface area contributed by atoms with E-state index in [1.54, 1.807) is 17.1 Å². The molecule has 0 spiro atoms. The minimum Gasteiger partial charge on any atom is -0.494 e. The SMILES string of the molecule is CCCCOc1ccc(NC(=O)NCCn2ccc(-c3ccncc3)n2)cc1. The predicted octanol–water partition coefficient (Wildman–Crippen LogP) is 3.95. The second-order valence-electron chi connectivity index (χ2n) is 6.31. The van der Waals surface area contributed by atoms with Gasteiger partial charge in [0.25, 0.3) is 0 Å². The van der Waals surface area contributed by atoms with Crippen LogP contribution in [0.5, 0.6) is 5.75 Å². The fourth-order valence-corrected chi connectivity index (χ4v) is 2.59. The summed E-state index contributed by atoms with van der Waals surface area (Å²) >= 11 is 0. The van der Waals surface area contributed by atoms with E-state index in [4.69, 9.17) is 4.74 Å². The van der Waals surface area contributed by atoms with E-state index in [1.807, 2.05) is 48.7 Å². The Kier molecular flexibility index (Phi) is 7.01. The summed E-state index contributed by atoms with van der Waals surface area (Å²) in [6.07, 6.45) is 7.51. The number of unbranched alkanes of at least 4 members (excludes halogenated alkanes) is 1. The molecule has 0 bridgehead atoms. The Hall–Kier alpha value is -3.35. The maximum atomic E-state index is 12.0. The van der Waals surface area contributed by atoms with Crippen LogP contribution in [0.2, 0.25) is 0 Å². The van der Waals surface area contributed by atoms with E-state index in [9.17, 15) is 4.79 Å². The Morgan fingerprint density at radius 3 is 2.64 bits per heavy atom. The number of nitrogens with one attached hydrogen (secondary N) is 2. The molecule has 0 fully saturated rings. The van der Waals surface area contributed by atoms with Gasteiger partial charge in [-0.15, -0.1) is 0 Å². The van der Waals surface area contributed by atoms with Crippen LogP contribution in [0.25, 0.3) is 11.3 Å². The van der Waals surface area contributed by atoms with Gasteiger partial charge in [0.15, 0.2) is 0 Å². The number of carbonyl (C=O) groups excluding carboxylic acids is 1. The Morgan fingerprint density at radius 1 is 1.11 bits per heavy atom. The smallest absolute Gasteiger partial charge is 0.319 e. The van der Waals surface area contributed by atoms with Crippen LogP contribution in [0.4, 0.5) is 10.5 Å². The summed E-state index contributed by atoms with van der Waals surface area (Å²) in [5, 5.41) is 10.1. The number of ether oxygens (including phenoxy) is 1. The molecule has 0 unspecified atom stereocenters. The molecule has 2 N–H and O–H groups in total. The molecule has 0 saturated carbocycles. The van der Waals surface area contributed by atoms with E-state index in [1.165, 1.54) is 0 Å². The number of nitrogens with zero attached hydrogens (tertiary/aromatic N) is 3. The molecule has 0 aliphatic carbocycles. The van der Waals surface area contributed by atoms with Crippen LogP contribution < -0.4 is 15.4 Å². The largest absolute Gasteiger partial charge is 0.494 e. The number of carbonyl (C=O) groups is 1. The lowest BCUT2D eigenvalue weighted by molar-refractivity contribution is 0.251. The van der Waals surface area contributed by atoms with Crippen molar-refractivity contribution in [3.8, 4) is 17.0 Å². The number of benzene rings is 1. The first-order chi connectivity index (χ1) is 13.7. The summed E-state index contributed by atoms with van der Waals surface area (Å²) < 4.78 is 7.42. The van der Waals surface area contributed by atoms with Crippen molar-refractivity contribution < 1.29 is 9.53 Å². The first-order valence-corrected chi connectivity index (χ1v) is 9.46. The van der Waals surface area contributed by atoms with Crippen molar-refractivity contribution in [3.05, 3.63) is 61.1 Å². The molecule has 146 valence electrons. The summed E-state index contributed by atoms with van der Waals surface area (Å²) in [6.45, 7) is 3.89. The van der Waals surface area contributed by atoms with Gasteiger partial charge < -0.3 is 15.4 Å². The molecular formula is C21H25N5O2. The quantitative estimate of drug-likeness (QED) is 0.552. The van der Waals surface area contributed by atoms with Gasteiger partial charge in [-0.2, -0.15) is 5.10 Å². The highest BCUT2D eigenvalue weighted by molar-refractivity contribution is 5.89. The van der Waals surface area contributed by atoms with E-state index in [0.29, 0.717) is 19.7 Å². The first-order valence-electron chi connectivity index (χ1n) is 9.46. The zero-order valence-electron chi connectivity index (χ0n) is 16.0. The van der Waals surface area contributed by atoms with Crippen LogP contribution >= 0.6 is 0 Å². The van der Waals surface area contributed by atoms with Crippen LogP contribution in [-0.2, 0) is 6.54 Å². The fourth-order valence-electron chi connectivity index (χ4n) is 2.59. The molecule has 2 amide bonds. The Morgan fingerprint density at radius 2 is 1.89 bits per heavy atom. The monoisotopic (exact) mass is 379 g/mol.